The minimum absolute atomic E-state index is 0.139. The topological polar surface area (TPSA) is 85.3 Å². The SMILES string of the molecule is COc1ccc(/C=C(\C#N)C(N)=O)c(OCc2ccc(C)cc2)c1. The van der Waals surface area contributed by atoms with Crippen LogP contribution in [0.25, 0.3) is 6.08 Å². The molecular formula is C19H18N2O3. The number of amides is 1. The summed E-state index contributed by atoms with van der Waals surface area (Å²) in [6.07, 6.45) is 1.41. The van der Waals surface area contributed by atoms with Gasteiger partial charge in [-0.25, -0.2) is 0 Å². The minimum Gasteiger partial charge on any atom is -0.497 e. The first kappa shape index (κ1) is 17.1. The van der Waals surface area contributed by atoms with E-state index in [2.05, 4.69) is 0 Å². The van der Waals surface area contributed by atoms with E-state index in [4.69, 9.17) is 20.5 Å². The third-order valence-corrected chi connectivity index (χ3v) is 3.42. The Hall–Kier alpha value is -3.26. The molecule has 0 bridgehead atoms. The van der Waals surface area contributed by atoms with Gasteiger partial charge < -0.3 is 15.2 Å². The predicted molar refractivity (Wildman–Crippen MR) is 91.3 cm³/mol. The third-order valence-electron chi connectivity index (χ3n) is 3.42. The fourth-order valence-corrected chi connectivity index (χ4v) is 2.05. The van der Waals surface area contributed by atoms with E-state index in [1.54, 1.807) is 31.4 Å². The van der Waals surface area contributed by atoms with Gasteiger partial charge in [0.2, 0.25) is 0 Å². The summed E-state index contributed by atoms with van der Waals surface area (Å²) in [6, 6.07) is 14.9. The van der Waals surface area contributed by atoms with Crippen molar-refractivity contribution >= 4 is 12.0 Å². The number of aryl methyl sites for hydroxylation is 1. The zero-order valence-electron chi connectivity index (χ0n) is 13.6. The number of benzene rings is 2. The molecular weight excluding hydrogens is 304 g/mol. The number of carbonyl (C=O) groups excluding carboxylic acids is 1. The average Bonchev–Trinajstić information content (AvgIpc) is 2.59. The van der Waals surface area contributed by atoms with Crippen LogP contribution in [0.3, 0.4) is 0 Å². The smallest absolute Gasteiger partial charge is 0.259 e. The molecule has 24 heavy (non-hydrogen) atoms. The first-order chi connectivity index (χ1) is 11.5. The van der Waals surface area contributed by atoms with Crippen LogP contribution in [0.1, 0.15) is 16.7 Å². The monoisotopic (exact) mass is 322 g/mol. The number of carbonyl (C=O) groups is 1. The Labute approximate surface area is 140 Å². The van der Waals surface area contributed by atoms with Crippen LogP contribution in [-0.2, 0) is 11.4 Å². The molecule has 0 unspecified atom stereocenters. The molecule has 2 N–H and O–H groups in total. The van der Waals surface area contributed by atoms with Gasteiger partial charge in [-0.15, -0.1) is 0 Å². The average molecular weight is 322 g/mol. The van der Waals surface area contributed by atoms with Crippen LogP contribution in [0.4, 0.5) is 0 Å². The molecule has 2 aromatic rings. The van der Waals surface area contributed by atoms with E-state index in [1.807, 2.05) is 31.2 Å². The summed E-state index contributed by atoms with van der Waals surface area (Å²) in [5, 5.41) is 9.00. The highest BCUT2D eigenvalue weighted by Gasteiger charge is 2.09. The molecule has 0 aliphatic carbocycles. The zero-order valence-corrected chi connectivity index (χ0v) is 13.6. The first-order valence-corrected chi connectivity index (χ1v) is 7.31. The molecule has 0 aliphatic rings. The standard InChI is InChI=1S/C19H18N2O3/c1-13-3-5-14(6-4-13)12-24-18-10-17(23-2)8-7-15(18)9-16(11-20)19(21)22/h3-10H,12H2,1-2H3,(H2,21,22)/b16-9+. The number of rotatable bonds is 6. The van der Waals surface area contributed by atoms with E-state index >= 15 is 0 Å². The molecule has 0 saturated heterocycles. The molecule has 5 nitrogen and oxygen atoms in total. The van der Waals surface area contributed by atoms with Crippen molar-refractivity contribution in [2.24, 2.45) is 5.73 Å². The molecule has 2 rings (SSSR count). The Bertz CT molecular complexity index is 802. The Balaban J connectivity index is 2.30. The van der Waals surface area contributed by atoms with Crippen LogP contribution in [0.2, 0.25) is 0 Å². The molecule has 0 spiro atoms. The number of ether oxygens (including phenoxy) is 2. The Morgan fingerprint density at radius 3 is 2.54 bits per heavy atom. The van der Waals surface area contributed by atoms with Crippen molar-refractivity contribution in [3.63, 3.8) is 0 Å². The van der Waals surface area contributed by atoms with Crippen molar-refractivity contribution in [3.8, 4) is 17.6 Å². The normalized spacial score (nSPS) is 10.8. The molecule has 122 valence electrons. The van der Waals surface area contributed by atoms with Gasteiger partial charge >= 0.3 is 0 Å². The van der Waals surface area contributed by atoms with Crippen LogP contribution < -0.4 is 15.2 Å². The van der Waals surface area contributed by atoms with Gasteiger partial charge in [-0.1, -0.05) is 29.8 Å². The van der Waals surface area contributed by atoms with Gasteiger partial charge in [0.15, 0.2) is 0 Å². The van der Waals surface area contributed by atoms with Crippen molar-refractivity contribution in [1.29, 1.82) is 5.26 Å². The van der Waals surface area contributed by atoms with Crippen molar-refractivity contribution in [2.75, 3.05) is 7.11 Å². The first-order valence-electron chi connectivity index (χ1n) is 7.31. The summed E-state index contributed by atoms with van der Waals surface area (Å²) < 4.78 is 11.0. The highest BCUT2D eigenvalue weighted by molar-refractivity contribution is 6.00. The summed E-state index contributed by atoms with van der Waals surface area (Å²) in [7, 11) is 1.55. The second-order valence-electron chi connectivity index (χ2n) is 5.21. The lowest BCUT2D eigenvalue weighted by Crippen LogP contribution is -2.12. The van der Waals surface area contributed by atoms with Gasteiger partial charge in [0, 0.05) is 11.6 Å². The van der Waals surface area contributed by atoms with Gasteiger partial charge in [-0.3, -0.25) is 4.79 Å². The largest absolute Gasteiger partial charge is 0.497 e. The minimum atomic E-state index is -0.780. The fraction of sp³-hybridized carbons (Fsp3) is 0.158. The van der Waals surface area contributed by atoms with E-state index < -0.39 is 5.91 Å². The number of hydrogen-bond donors (Lipinski definition) is 1. The van der Waals surface area contributed by atoms with Crippen molar-refractivity contribution in [2.45, 2.75) is 13.5 Å². The number of nitrogens with zero attached hydrogens (tertiary/aromatic N) is 1. The van der Waals surface area contributed by atoms with Crippen LogP contribution in [-0.4, -0.2) is 13.0 Å². The lowest BCUT2D eigenvalue weighted by molar-refractivity contribution is -0.114. The molecule has 0 fully saturated rings. The van der Waals surface area contributed by atoms with Gasteiger partial charge in [0.25, 0.3) is 5.91 Å². The molecule has 1 amide bonds. The van der Waals surface area contributed by atoms with Gasteiger partial charge in [0.1, 0.15) is 29.7 Å². The molecule has 0 aromatic heterocycles. The van der Waals surface area contributed by atoms with E-state index in [9.17, 15) is 4.79 Å². The maximum Gasteiger partial charge on any atom is 0.259 e. The van der Waals surface area contributed by atoms with Crippen LogP contribution in [0, 0.1) is 18.3 Å². The molecule has 0 heterocycles. The van der Waals surface area contributed by atoms with E-state index in [0.717, 1.165) is 5.56 Å². The van der Waals surface area contributed by atoms with Crippen LogP contribution in [0.15, 0.2) is 48.0 Å². The number of primary amides is 1. The second-order valence-corrected chi connectivity index (χ2v) is 5.21. The summed E-state index contributed by atoms with van der Waals surface area (Å²) in [5.74, 6) is 0.338. The maximum absolute atomic E-state index is 11.2. The van der Waals surface area contributed by atoms with Gasteiger partial charge in [-0.05, 0) is 30.7 Å². The van der Waals surface area contributed by atoms with E-state index in [-0.39, 0.29) is 5.57 Å². The number of nitriles is 1. The van der Waals surface area contributed by atoms with Gasteiger partial charge in [0.05, 0.1) is 7.11 Å². The number of hydrogen-bond acceptors (Lipinski definition) is 4. The summed E-state index contributed by atoms with van der Waals surface area (Å²) >= 11 is 0. The van der Waals surface area contributed by atoms with Crippen LogP contribution in [0.5, 0.6) is 11.5 Å². The van der Waals surface area contributed by atoms with Gasteiger partial charge in [-0.2, -0.15) is 5.26 Å². The zero-order chi connectivity index (χ0) is 17.5. The number of methoxy groups -OCH3 is 1. The highest BCUT2D eigenvalue weighted by Crippen LogP contribution is 2.27. The molecule has 0 radical (unpaired) electrons. The summed E-state index contributed by atoms with van der Waals surface area (Å²) in [6.45, 7) is 2.37. The molecule has 2 aromatic carbocycles. The highest BCUT2D eigenvalue weighted by atomic mass is 16.5. The Kier molecular flexibility index (Phi) is 5.58. The Morgan fingerprint density at radius 2 is 1.96 bits per heavy atom. The lowest BCUT2D eigenvalue weighted by Gasteiger charge is -2.11. The van der Waals surface area contributed by atoms with E-state index in [0.29, 0.717) is 23.7 Å². The van der Waals surface area contributed by atoms with E-state index in [1.165, 1.54) is 11.6 Å². The maximum atomic E-state index is 11.2. The lowest BCUT2D eigenvalue weighted by atomic mass is 10.1. The fourth-order valence-electron chi connectivity index (χ4n) is 2.05. The molecule has 5 heteroatoms. The number of nitrogens with two attached hydrogens (primary N) is 1. The van der Waals surface area contributed by atoms with Crippen molar-refractivity contribution in [1.82, 2.24) is 0 Å². The van der Waals surface area contributed by atoms with Crippen molar-refractivity contribution in [3.05, 3.63) is 64.7 Å². The van der Waals surface area contributed by atoms with Crippen LogP contribution >= 0.6 is 0 Å². The second kappa shape index (κ2) is 7.84. The quantitative estimate of drug-likeness (QED) is 0.654. The summed E-state index contributed by atoms with van der Waals surface area (Å²) in [4.78, 5) is 11.2. The third kappa shape index (κ3) is 4.37. The molecule has 0 aliphatic heterocycles. The molecule has 0 saturated carbocycles. The summed E-state index contributed by atoms with van der Waals surface area (Å²) in [5.41, 5.74) is 7.81. The predicted octanol–water partition coefficient (Wildman–Crippen LogP) is 2.97. The molecule has 0 atom stereocenters. The van der Waals surface area contributed by atoms with Crippen molar-refractivity contribution < 1.29 is 14.3 Å². The Morgan fingerprint density at radius 1 is 1.25 bits per heavy atom.